The van der Waals surface area contributed by atoms with Gasteiger partial charge in [-0.15, -0.1) is 0 Å². The average molecular weight is 240 g/mol. The molecule has 0 aliphatic rings. The van der Waals surface area contributed by atoms with Crippen LogP contribution in [0.5, 0.6) is 0 Å². The number of carbonyl (C=O) groups excluding carboxylic acids is 2. The minimum Gasteiger partial charge on any atom is -0.461 e. The summed E-state index contributed by atoms with van der Waals surface area (Å²) < 4.78 is 6.11. The molecule has 0 atom stereocenters. The van der Waals surface area contributed by atoms with Crippen LogP contribution in [-0.4, -0.2) is 47.3 Å². The number of nitrogens with two attached hydrogens (primary N) is 1. The van der Waals surface area contributed by atoms with Crippen LogP contribution in [0.15, 0.2) is 6.20 Å². The number of hydrogen-bond acceptors (Lipinski definition) is 5. The monoisotopic (exact) mass is 240 g/mol. The minimum atomic E-state index is -0.582. The lowest BCUT2D eigenvalue weighted by Crippen LogP contribution is -2.26. The van der Waals surface area contributed by atoms with Crippen molar-refractivity contribution in [3.05, 3.63) is 11.9 Å². The Morgan fingerprint density at radius 1 is 1.53 bits per heavy atom. The lowest BCUT2D eigenvalue weighted by atomic mass is 10.4. The maximum atomic E-state index is 11.4. The zero-order valence-electron chi connectivity index (χ0n) is 10.1. The van der Waals surface area contributed by atoms with Crippen molar-refractivity contribution >= 4 is 17.6 Å². The number of aromatic nitrogens is 2. The van der Waals surface area contributed by atoms with E-state index in [-0.39, 0.29) is 30.4 Å². The van der Waals surface area contributed by atoms with Crippen molar-refractivity contribution in [2.75, 3.05) is 26.4 Å². The first-order chi connectivity index (χ1) is 7.95. The Labute approximate surface area is 99.1 Å². The van der Waals surface area contributed by atoms with E-state index in [0.717, 1.165) is 0 Å². The van der Waals surface area contributed by atoms with Crippen molar-refractivity contribution in [1.82, 2.24) is 14.7 Å². The minimum absolute atomic E-state index is 0.0383. The fourth-order valence-electron chi connectivity index (χ4n) is 1.16. The Morgan fingerprint density at radius 2 is 2.18 bits per heavy atom. The number of likely N-dealkylation sites (N-methyl/N-ethyl adjacent to an activating group) is 1. The maximum Gasteiger partial charge on any atom is 0.361 e. The summed E-state index contributed by atoms with van der Waals surface area (Å²) in [5.74, 6) is -0.719. The third-order valence-electron chi connectivity index (χ3n) is 2.05. The van der Waals surface area contributed by atoms with E-state index in [9.17, 15) is 9.59 Å². The van der Waals surface area contributed by atoms with Crippen LogP contribution in [-0.2, 0) is 16.1 Å². The van der Waals surface area contributed by atoms with Gasteiger partial charge in [-0.25, -0.2) is 4.79 Å². The Bertz CT molecular complexity index is 425. The molecule has 94 valence electrons. The summed E-state index contributed by atoms with van der Waals surface area (Å²) >= 11 is 0. The SMILES string of the molecule is CCOC(=O)c1nn(CC(=O)N(C)C)cc1N. The van der Waals surface area contributed by atoms with E-state index >= 15 is 0 Å². The fraction of sp³-hybridized carbons (Fsp3) is 0.500. The third-order valence-corrected chi connectivity index (χ3v) is 2.05. The predicted octanol–water partition coefficient (Wildman–Crippen LogP) is -0.270. The van der Waals surface area contributed by atoms with Crippen LogP contribution >= 0.6 is 0 Å². The number of amides is 1. The Balaban J connectivity index is 2.81. The molecule has 1 rings (SSSR count). The standard InChI is InChI=1S/C10H16N4O3/c1-4-17-10(16)9-7(11)5-14(12-9)6-8(15)13(2)3/h5H,4,6,11H2,1-3H3. The normalized spacial score (nSPS) is 10.1. The molecule has 1 amide bonds. The molecule has 0 saturated carbocycles. The van der Waals surface area contributed by atoms with Gasteiger partial charge in [0.2, 0.25) is 5.91 Å². The van der Waals surface area contributed by atoms with Crippen molar-refractivity contribution in [1.29, 1.82) is 0 Å². The van der Waals surface area contributed by atoms with Gasteiger partial charge < -0.3 is 15.4 Å². The largest absolute Gasteiger partial charge is 0.461 e. The van der Waals surface area contributed by atoms with E-state index < -0.39 is 5.97 Å². The van der Waals surface area contributed by atoms with Crippen LogP contribution in [0.2, 0.25) is 0 Å². The van der Waals surface area contributed by atoms with Gasteiger partial charge in [-0.3, -0.25) is 9.48 Å². The lowest BCUT2D eigenvalue weighted by Gasteiger charge is -2.09. The van der Waals surface area contributed by atoms with Gasteiger partial charge >= 0.3 is 5.97 Å². The van der Waals surface area contributed by atoms with Gasteiger partial charge in [0, 0.05) is 20.3 Å². The first kappa shape index (κ1) is 13.0. The number of ether oxygens (including phenoxy) is 1. The number of anilines is 1. The zero-order valence-corrected chi connectivity index (χ0v) is 10.1. The Hall–Kier alpha value is -2.05. The Kier molecular flexibility index (Phi) is 4.08. The molecule has 0 bridgehead atoms. The average Bonchev–Trinajstić information content (AvgIpc) is 2.59. The van der Waals surface area contributed by atoms with Gasteiger partial charge in [0.05, 0.1) is 12.3 Å². The Morgan fingerprint density at radius 3 is 2.71 bits per heavy atom. The van der Waals surface area contributed by atoms with E-state index in [2.05, 4.69) is 5.10 Å². The van der Waals surface area contributed by atoms with Gasteiger partial charge in [0.25, 0.3) is 0 Å². The number of nitrogens with zero attached hydrogens (tertiary/aromatic N) is 3. The van der Waals surface area contributed by atoms with Crippen molar-refractivity contribution in [2.24, 2.45) is 0 Å². The lowest BCUT2D eigenvalue weighted by molar-refractivity contribution is -0.129. The summed E-state index contributed by atoms with van der Waals surface area (Å²) in [6.07, 6.45) is 1.44. The summed E-state index contributed by atoms with van der Waals surface area (Å²) in [4.78, 5) is 24.3. The summed E-state index contributed by atoms with van der Waals surface area (Å²) in [5, 5.41) is 3.92. The smallest absolute Gasteiger partial charge is 0.361 e. The molecule has 0 spiro atoms. The van der Waals surface area contributed by atoms with Crippen LogP contribution in [0.3, 0.4) is 0 Å². The molecule has 1 aromatic rings. The summed E-state index contributed by atoms with van der Waals surface area (Å²) in [6.45, 7) is 1.99. The van der Waals surface area contributed by atoms with Crippen LogP contribution in [0.25, 0.3) is 0 Å². The zero-order chi connectivity index (χ0) is 13.0. The van der Waals surface area contributed by atoms with E-state index in [1.54, 1.807) is 21.0 Å². The molecule has 0 unspecified atom stereocenters. The van der Waals surface area contributed by atoms with E-state index in [4.69, 9.17) is 10.5 Å². The van der Waals surface area contributed by atoms with Gasteiger partial charge in [-0.2, -0.15) is 5.10 Å². The van der Waals surface area contributed by atoms with Gasteiger partial charge in [-0.1, -0.05) is 0 Å². The number of carbonyl (C=O) groups is 2. The van der Waals surface area contributed by atoms with Gasteiger partial charge in [0.1, 0.15) is 6.54 Å². The van der Waals surface area contributed by atoms with Crippen molar-refractivity contribution in [3.63, 3.8) is 0 Å². The summed E-state index contributed by atoms with van der Waals surface area (Å²) in [5.41, 5.74) is 5.86. The fourth-order valence-corrected chi connectivity index (χ4v) is 1.16. The second-order valence-electron chi connectivity index (χ2n) is 3.64. The molecular formula is C10H16N4O3. The van der Waals surface area contributed by atoms with Crippen LogP contribution in [0, 0.1) is 0 Å². The highest BCUT2D eigenvalue weighted by Crippen LogP contribution is 2.10. The molecule has 0 aliphatic carbocycles. The van der Waals surface area contributed by atoms with Crippen molar-refractivity contribution in [3.8, 4) is 0 Å². The maximum absolute atomic E-state index is 11.4. The van der Waals surface area contributed by atoms with Crippen molar-refractivity contribution in [2.45, 2.75) is 13.5 Å². The molecule has 7 heteroatoms. The van der Waals surface area contributed by atoms with Gasteiger partial charge in [-0.05, 0) is 6.92 Å². The highest BCUT2D eigenvalue weighted by Gasteiger charge is 2.17. The molecule has 0 fully saturated rings. The van der Waals surface area contributed by atoms with E-state index in [1.807, 2.05) is 0 Å². The van der Waals surface area contributed by atoms with Crippen molar-refractivity contribution < 1.29 is 14.3 Å². The number of nitrogen functional groups attached to an aromatic ring is 1. The first-order valence-electron chi connectivity index (χ1n) is 5.16. The quantitative estimate of drug-likeness (QED) is 0.731. The van der Waals surface area contributed by atoms with Crippen LogP contribution in [0.4, 0.5) is 5.69 Å². The molecule has 1 aromatic heterocycles. The van der Waals surface area contributed by atoms with Crippen LogP contribution < -0.4 is 5.73 Å². The molecule has 0 radical (unpaired) electrons. The molecule has 1 heterocycles. The predicted molar refractivity (Wildman–Crippen MR) is 61.3 cm³/mol. The van der Waals surface area contributed by atoms with Gasteiger partial charge in [0.15, 0.2) is 5.69 Å². The number of esters is 1. The first-order valence-corrected chi connectivity index (χ1v) is 5.16. The molecule has 0 aromatic carbocycles. The number of hydrogen-bond donors (Lipinski definition) is 1. The molecule has 7 nitrogen and oxygen atoms in total. The molecule has 0 saturated heterocycles. The molecule has 0 aliphatic heterocycles. The highest BCUT2D eigenvalue weighted by molar-refractivity contribution is 5.92. The summed E-state index contributed by atoms with van der Waals surface area (Å²) in [7, 11) is 3.28. The van der Waals surface area contributed by atoms with E-state index in [1.165, 1.54) is 15.8 Å². The topological polar surface area (TPSA) is 90.4 Å². The molecule has 2 N–H and O–H groups in total. The number of rotatable bonds is 4. The van der Waals surface area contributed by atoms with Crippen LogP contribution in [0.1, 0.15) is 17.4 Å². The second-order valence-corrected chi connectivity index (χ2v) is 3.64. The third kappa shape index (κ3) is 3.20. The second kappa shape index (κ2) is 5.33. The molecule has 17 heavy (non-hydrogen) atoms. The van der Waals surface area contributed by atoms with E-state index in [0.29, 0.717) is 0 Å². The highest BCUT2D eigenvalue weighted by atomic mass is 16.5. The summed E-state index contributed by atoms with van der Waals surface area (Å²) in [6, 6.07) is 0. The molecular weight excluding hydrogens is 224 g/mol.